The zero-order chi connectivity index (χ0) is 11.9. The summed E-state index contributed by atoms with van der Waals surface area (Å²) in [5, 5.41) is 3.41. The zero-order valence-electron chi connectivity index (χ0n) is 10.1. The molecule has 1 N–H and O–H groups in total. The van der Waals surface area contributed by atoms with E-state index in [1.165, 1.54) is 18.4 Å². The molecule has 2 nitrogen and oxygen atoms in total. The van der Waals surface area contributed by atoms with Gasteiger partial charge in [-0.1, -0.05) is 28.1 Å². The van der Waals surface area contributed by atoms with Crippen molar-refractivity contribution in [2.75, 3.05) is 19.7 Å². The van der Waals surface area contributed by atoms with E-state index in [-0.39, 0.29) is 0 Å². The first-order chi connectivity index (χ1) is 8.34. The highest BCUT2D eigenvalue weighted by atomic mass is 79.9. The van der Waals surface area contributed by atoms with Gasteiger partial charge in [0.05, 0.1) is 12.7 Å². The van der Waals surface area contributed by atoms with Gasteiger partial charge in [-0.05, 0) is 56.5 Å². The largest absolute Gasteiger partial charge is 0.378 e. The van der Waals surface area contributed by atoms with Crippen LogP contribution in [0.4, 0.5) is 0 Å². The molecule has 1 aromatic carbocycles. The molecule has 0 radical (unpaired) electrons. The number of halogens is 1. The molecule has 1 saturated heterocycles. The number of hydrogen-bond donors (Lipinski definition) is 1. The molecule has 0 amide bonds. The number of benzene rings is 1. The molecule has 1 unspecified atom stereocenters. The summed E-state index contributed by atoms with van der Waals surface area (Å²) in [4.78, 5) is 0. The molecule has 0 spiro atoms. The van der Waals surface area contributed by atoms with E-state index < -0.39 is 0 Å². The van der Waals surface area contributed by atoms with Gasteiger partial charge in [-0.15, -0.1) is 0 Å². The highest BCUT2D eigenvalue weighted by Gasteiger charge is 2.11. The molecule has 2 rings (SSSR count). The van der Waals surface area contributed by atoms with Crippen LogP contribution in [0.5, 0.6) is 0 Å². The van der Waals surface area contributed by atoms with E-state index in [1.807, 2.05) is 0 Å². The van der Waals surface area contributed by atoms with Crippen molar-refractivity contribution in [1.82, 2.24) is 5.32 Å². The molecule has 1 aliphatic rings. The Labute approximate surface area is 112 Å². The van der Waals surface area contributed by atoms with Gasteiger partial charge in [-0.25, -0.2) is 0 Å². The van der Waals surface area contributed by atoms with Gasteiger partial charge in [0.25, 0.3) is 0 Å². The quantitative estimate of drug-likeness (QED) is 0.922. The lowest BCUT2D eigenvalue weighted by Gasteiger charge is -2.14. The van der Waals surface area contributed by atoms with Gasteiger partial charge in [0, 0.05) is 4.47 Å². The summed E-state index contributed by atoms with van der Waals surface area (Å²) >= 11 is 3.45. The maximum atomic E-state index is 5.95. The highest BCUT2D eigenvalue weighted by Crippen LogP contribution is 2.13. The second-order valence-electron chi connectivity index (χ2n) is 4.55. The molecular weight excluding hydrogens is 278 g/mol. The molecule has 94 valence electrons. The fourth-order valence-electron chi connectivity index (χ4n) is 2.15. The van der Waals surface area contributed by atoms with Crippen LogP contribution in [0.3, 0.4) is 0 Å². The van der Waals surface area contributed by atoms with Crippen LogP contribution in [0.1, 0.15) is 24.8 Å². The Morgan fingerprint density at radius 2 is 2.00 bits per heavy atom. The molecular formula is C14H20BrNO. The molecule has 1 aromatic rings. The molecule has 1 aliphatic heterocycles. The zero-order valence-corrected chi connectivity index (χ0v) is 11.7. The van der Waals surface area contributed by atoms with Crippen LogP contribution in [-0.2, 0) is 11.2 Å². The topological polar surface area (TPSA) is 21.3 Å². The minimum Gasteiger partial charge on any atom is -0.378 e. The van der Waals surface area contributed by atoms with Gasteiger partial charge in [-0.2, -0.15) is 0 Å². The Morgan fingerprint density at radius 1 is 1.18 bits per heavy atom. The molecule has 1 fully saturated rings. The van der Waals surface area contributed by atoms with Crippen molar-refractivity contribution in [2.24, 2.45) is 0 Å². The number of hydrogen-bond acceptors (Lipinski definition) is 2. The van der Waals surface area contributed by atoms with Crippen LogP contribution in [-0.4, -0.2) is 25.8 Å². The molecule has 1 heterocycles. The first-order valence-corrected chi connectivity index (χ1v) is 7.20. The number of nitrogens with one attached hydrogen (secondary N) is 1. The van der Waals surface area contributed by atoms with Gasteiger partial charge < -0.3 is 10.1 Å². The van der Waals surface area contributed by atoms with Gasteiger partial charge in [0.15, 0.2) is 0 Å². The van der Waals surface area contributed by atoms with Crippen molar-refractivity contribution < 1.29 is 4.74 Å². The van der Waals surface area contributed by atoms with Crippen LogP contribution in [0.2, 0.25) is 0 Å². The molecule has 0 saturated carbocycles. The Hall–Kier alpha value is -0.380. The summed E-state index contributed by atoms with van der Waals surface area (Å²) < 4.78 is 7.08. The van der Waals surface area contributed by atoms with Crippen LogP contribution in [0.25, 0.3) is 0 Å². The Kier molecular flexibility index (Phi) is 5.49. The van der Waals surface area contributed by atoms with Crippen molar-refractivity contribution in [2.45, 2.75) is 31.8 Å². The summed E-state index contributed by atoms with van der Waals surface area (Å²) in [6.07, 6.45) is 5.06. The van der Waals surface area contributed by atoms with Crippen molar-refractivity contribution >= 4 is 15.9 Å². The minimum absolute atomic E-state index is 0.459. The third-order valence-corrected chi connectivity index (χ3v) is 3.71. The predicted octanol–water partition coefficient (Wildman–Crippen LogP) is 3.15. The molecule has 0 bridgehead atoms. The molecule has 0 aromatic heterocycles. The van der Waals surface area contributed by atoms with Crippen molar-refractivity contribution in [1.29, 1.82) is 0 Å². The summed E-state index contributed by atoms with van der Waals surface area (Å²) in [5.74, 6) is 0. The molecule has 0 aliphatic carbocycles. The van der Waals surface area contributed by atoms with E-state index in [0.29, 0.717) is 6.10 Å². The third-order valence-electron chi connectivity index (χ3n) is 3.18. The van der Waals surface area contributed by atoms with Crippen molar-refractivity contribution in [3.05, 3.63) is 34.3 Å². The second kappa shape index (κ2) is 7.14. The van der Waals surface area contributed by atoms with Gasteiger partial charge in [-0.3, -0.25) is 0 Å². The first-order valence-electron chi connectivity index (χ1n) is 6.41. The molecule has 17 heavy (non-hydrogen) atoms. The predicted molar refractivity (Wildman–Crippen MR) is 74.3 cm³/mol. The number of rotatable bonds is 4. The smallest absolute Gasteiger partial charge is 0.0587 e. The van der Waals surface area contributed by atoms with Crippen LogP contribution < -0.4 is 5.32 Å². The van der Waals surface area contributed by atoms with E-state index in [0.717, 1.165) is 37.0 Å². The van der Waals surface area contributed by atoms with Crippen LogP contribution in [0.15, 0.2) is 28.7 Å². The Morgan fingerprint density at radius 3 is 2.82 bits per heavy atom. The maximum Gasteiger partial charge on any atom is 0.0587 e. The van der Waals surface area contributed by atoms with Gasteiger partial charge in [0.1, 0.15) is 0 Å². The average molecular weight is 298 g/mol. The Bertz CT molecular complexity index is 317. The van der Waals surface area contributed by atoms with E-state index in [9.17, 15) is 0 Å². The summed E-state index contributed by atoms with van der Waals surface area (Å²) in [5.41, 5.74) is 1.35. The lowest BCUT2D eigenvalue weighted by atomic mass is 10.1. The Balaban J connectivity index is 1.69. The maximum absolute atomic E-state index is 5.95. The average Bonchev–Trinajstić information content (AvgIpc) is 2.60. The fraction of sp³-hybridized carbons (Fsp3) is 0.571. The van der Waals surface area contributed by atoms with Gasteiger partial charge >= 0.3 is 0 Å². The summed E-state index contributed by atoms with van der Waals surface area (Å²) in [7, 11) is 0. The second-order valence-corrected chi connectivity index (χ2v) is 5.47. The van der Waals surface area contributed by atoms with Crippen molar-refractivity contribution in [3.63, 3.8) is 0 Å². The third kappa shape index (κ3) is 4.78. The molecule has 3 heteroatoms. The number of ether oxygens (including phenoxy) is 1. The normalized spacial score (nSPS) is 21.1. The minimum atomic E-state index is 0.459. The first kappa shape index (κ1) is 13.1. The van der Waals surface area contributed by atoms with Crippen molar-refractivity contribution in [3.8, 4) is 0 Å². The summed E-state index contributed by atoms with van der Waals surface area (Å²) in [6.45, 7) is 3.09. The standard InChI is InChI=1S/C14H20BrNO/c15-13-5-3-12(4-6-13)8-11-17-14-2-1-9-16-10-7-14/h3-6,14,16H,1-2,7-11H2. The van der Waals surface area contributed by atoms with Crippen LogP contribution in [0, 0.1) is 0 Å². The van der Waals surface area contributed by atoms with E-state index in [2.05, 4.69) is 45.5 Å². The lowest BCUT2D eigenvalue weighted by molar-refractivity contribution is 0.0475. The lowest BCUT2D eigenvalue weighted by Crippen LogP contribution is -2.18. The summed E-state index contributed by atoms with van der Waals surface area (Å²) in [6, 6.07) is 8.49. The SMILES string of the molecule is Brc1ccc(CCOC2CCCNCC2)cc1. The van der Waals surface area contributed by atoms with E-state index in [1.54, 1.807) is 0 Å². The van der Waals surface area contributed by atoms with E-state index >= 15 is 0 Å². The fourth-order valence-corrected chi connectivity index (χ4v) is 2.41. The van der Waals surface area contributed by atoms with Gasteiger partial charge in [0.2, 0.25) is 0 Å². The monoisotopic (exact) mass is 297 g/mol. The van der Waals surface area contributed by atoms with E-state index in [4.69, 9.17) is 4.74 Å². The molecule has 1 atom stereocenters. The van der Waals surface area contributed by atoms with Crippen LogP contribution >= 0.6 is 15.9 Å². The highest BCUT2D eigenvalue weighted by molar-refractivity contribution is 9.10.